The number of hydrogen-bond acceptors (Lipinski definition) is 7. The van der Waals surface area contributed by atoms with Crippen molar-refractivity contribution in [2.45, 2.75) is 18.7 Å². The molecule has 2 heterocycles. The van der Waals surface area contributed by atoms with Gasteiger partial charge in [-0.15, -0.1) is 0 Å². The highest BCUT2D eigenvalue weighted by molar-refractivity contribution is 7.89. The zero-order valence-electron chi connectivity index (χ0n) is 21.5. The molecule has 0 spiro atoms. The second-order valence-electron chi connectivity index (χ2n) is 8.75. The van der Waals surface area contributed by atoms with Crippen molar-refractivity contribution in [3.63, 3.8) is 0 Å². The van der Waals surface area contributed by atoms with E-state index in [9.17, 15) is 18.0 Å². The van der Waals surface area contributed by atoms with Crippen LogP contribution in [0.5, 0.6) is 5.75 Å². The first-order chi connectivity index (χ1) is 18.2. The fraction of sp³-hybridized carbons (Fsp3) is 0.286. The van der Waals surface area contributed by atoms with Crippen molar-refractivity contribution < 1.29 is 32.2 Å². The lowest BCUT2D eigenvalue weighted by molar-refractivity contribution is -0.136. The Morgan fingerprint density at radius 1 is 1.03 bits per heavy atom. The number of benzene rings is 2. The van der Waals surface area contributed by atoms with Crippen LogP contribution < -0.4 is 4.74 Å². The molecule has 10 heteroatoms. The average Bonchev–Trinajstić information content (AvgIpc) is 3.24. The number of para-hydroxylation sites is 1. The van der Waals surface area contributed by atoms with Gasteiger partial charge in [0.25, 0.3) is 0 Å². The molecule has 0 N–H and O–H groups in total. The highest BCUT2D eigenvalue weighted by Crippen LogP contribution is 2.29. The van der Waals surface area contributed by atoms with E-state index in [1.807, 2.05) is 48.7 Å². The van der Waals surface area contributed by atoms with Gasteiger partial charge < -0.3 is 18.8 Å². The first-order valence-corrected chi connectivity index (χ1v) is 13.5. The maximum absolute atomic E-state index is 13.1. The number of sulfonamides is 1. The number of aryl methyl sites for hydroxylation is 1. The molecule has 0 bridgehead atoms. The summed E-state index contributed by atoms with van der Waals surface area (Å²) < 4.78 is 45.3. The third-order valence-corrected chi connectivity index (χ3v) is 8.20. The highest BCUT2D eigenvalue weighted by atomic mass is 32.2. The molecular weight excluding hydrogens is 508 g/mol. The summed E-state index contributed by atoms with van der Waals surface area (Å²) in [7, 11) is -2.41. The Hall–Kier alpha value is -3.73. The minimum atomic E-state index is -3.81. The maximum Gasteiger partial charge on any atom is 0.331 e. The lowest BCUT2D eigenvalue weighted by Crippen LogP contribution is -2.40. The first-order valence-electron chi connectivity index (χ1n) is 12.1. The van der Waals surface area contributed by atoms with E-state index in [0.29, 0.717) is 24.3 Å². The minimum Gasteiger partial charge on any atom is -0.495 e. The van der Waals surface area contributed by atoms with Crippen LogP contribution >= 0.6 is 0 Å². The topological polar surface area (TPSA) is 104 Å². The Bertz CT molecular complexity index is 1450. The fourth-order valence-electron chi connectivity index (χ4n) is 4.37. The molecule has 2 aromatic carbocycles. The third kappa shape index (κ3) is 5.88. The maximum atomic E-state index is 13.1. The van der Waals surface area contributed by atoms with Crippen LogP contribution in [0.3, 0.4) is 0 Å². The molecule has 1 aromatic heterocycles. The van der Waals surface area contributed by atoms with Crippen LogP contribution in [0.25, 0.3) is 11.8 Å². The van der Waals surface area contributed by atoms with Gasteiger partial charge in [0.15, 0.2) is 6.61 Å². The molecule has 1 saturated heterocycles. The Balaban J connectivity index is 1.44. The van der Waals surface area contributed by atoms with Crippen molar-refractivity contribution in [3.8, 4) is 11.4 Å². The van der Waals surface area contributed by atoms with Gasteiger partial charge in [-0.3, -0.25) is 4.79 Å². The van der Waals surface area contributed by atoms with Gasteiger partial charge in [-0.2, -0.15) is 4.31 Å². The Labute approximate surface area is 222 Å². The van der Waals surface area contributed by atoms with Crippen molar-refractivity contribution in [2.24, 2.45) is 0 Å². The number of morpholine rings is 1. The quantitative estimate of drug-likeness (QED) is 0.233. The van der Waals surface area contributed by atoms with Crippen molar-refractivity contribution in [1.82, 2.24) is 8.87 Å². The van der Waals surface area contributed by atoms with E-state index in [4.69, 9.17) is 14.2 Å². The Morgan fingerprint density at radius 2 is 1.74 bits per heavy atom. The number of esters is 1. The van der Waals surface area contributed by atoms with Crippen molar-refractivity contribution >= 4 is 27.9 Å². The normalized spacial score (nSPS) is 14.5. The van der Waals surface area contributed by atoms with Gasteiger partial charge in [-0.05, 0) is 55.8 Å². The van der Waals surface area contributed by atoms with Gasteiger partial charge in [-0.1, -0.05) is 24.3 Å². The number of rotatable bonds is 9. The summed E-state index contributed by atoms with van der Waals surface area (Å²) in [6, 6.07) is 16.1. The summed E-state index contributed by atoms with van der Waals surface area (Å²) in [5.74, 6) is -0.830. The molecule has 0 radical (unpaired) electrons. The van der Waals surface area contributed by atoms with E-state index in [2.05, 4.69) is 0 Å². The third-order valence-electron chi connectivity index (χ3n) is 6.28. The zero-order valence-corrected chi connectivity index (χ0v) is 22.4. The van der Waals surface area contributed by atoms with E-state index in [1.54, 1.807) is 12.1 Å². The van der Waals surface area contributed by atoms with Crippen LogP contribution in [-0.2, 0) is 24.3 Å². The molecule has 1 aliphatic heterocycles. The summed E-state index contributed by atoms with van der Waals surface area (Å²) in [5.41, 5.74) is 3.54. The summed E-state index contributed by atoms with van der Waals surface area (Å²) in [5, 5.41) is 0. The minimum absolute atomic E-state index is 0.00127. The SMILES string of the molecule is COc1ccc(C=CC(=O)OCC(=O)c2cc(C)n(-c3ccccc3)c2C)cc1S(=O)(=O)N1CCOCC1. The van der Waals surface area contributed by atoms with Crippen molar-refractivity contribution in [2.75, 3.05) is 40.0 Å². The van der Waals surface area contributed by atoms with E-state index in [0.717, 1.165) is 23.2 Å². The molecule has 4 rings (SSSR count). The molecule has 200 valence electrons. The number of methoxy groups -OCH3 is 1. The van der Waals surface area contributed by atoms with Gasteiger partial charge >= 0.3 is 5.97 Å². The number of aromatic nitrogens is 1. The van der Waals surface area contributed by atoms with Gasteiger partial charge in [0.1, 0.15) is 10.6 Å². The van der Waals surface area contributed by atoms with E-state index < -0.39 is 22.6 Å². The predicted molar refractivity (Wildman–Crippen MR) is 142 cm³/mol. The molecule has 9 nitrogen and oxygen atoms in total. The molecule has 3 aromatic rings. The van der Waals surface area contributed by atoms with Crippen LogP contribution in [0, 0.1) is 13.8 Å². The van der Waals surface area contributed by atoms with Gasteiger partial charge in [-0.25, -0.2) is 13.2 Å². The van der Waals surface area contributed by atoms with E-state index in [-0.39, 0.29) is 29.5 Å². The summed E-state index contributed by atoms with van der Waals surface area (Å²) >= 11 is 0. The number of ether oxygens (including phenoxy) is 3. The van der Waals surface area contributed by atoms with Crippen LogP contribution in [0.1, 0.15) is 27.3 Å². The Morgan fingerprint density at radius 3 is 2.42 bits per heavy atom. The molecule has 1 aliphatic rings. The number of Topliss-reactive ketones (excluding diaryl/α,β-unsaturated/α-hetero) is 1. The highest BCUT2D eigenvalue weighted by Gasteiger charge is 2.29. The van der Waals surface area contributed by atoms with Crippen LogP contribution in [0.4, 0.5) is 0 Å². The number of hydrogen-bond donors (Lipinski definition) is 0. The lowest BCUT2D eigenvalue weighted by Gasteiger charge is -2.26. The average molecular weight is 539 g/mol. The number of ketones is 1. The van der Waals surface area contributed by atoms with Gasteiger partial charge in [0.05, 0.1) is 20.3 Å². The molecule has 38 heavy (non-hydrogen) atoms. The first kappa shape index (κ1) is 27.3. The van der Waals surface area contributed by atoms with E-state index >= 15 is 0 Å². The molecule has 0 saturated carbocycles. The number of carbonyl (C=O) groups is 2. The van der Waals surface area contributed by atoms with Gasteiger partial charge in [0, 0.05) is 41.8 Å². The van der Waals surface area contributed by atoms with Crippen molar-refractivity contribution in [1.29, 1.82) is 0 Å². The second kappa shape index (κ2) is 11.8. The molecule has 0 aliphatic carbocycles. The summed E-state index contributed by atoms with van der Waals surface area (Å²) in [6.07, 6.45) is 2.60. The Kier molecular flexibility index (Phi) is 8.45. The van der Waals surface area contributed by atoms with E-state index in [1.165, 1.54) is 29.6 Å². The molecule has 1 fully saturated rings. The fourth-order valence-corrected chi connectivity index (χ4v) is 5.97. The smallest absolute Gasteiger partial charge is 0.331 e. The summed E-state index contributed by atoms with van der Waals surface area (Å²) in [6.45, 7) is 4.49. The zero-order chi connectivity index (χ0) is 27.3. The summed E-state index contributed by atoms with van der Waals surface area (Å²) in [4.78, 5) is 25.2. The lowest BCUT2D eigenvalue weighted by atomic mass is 10.1. The molecule has 0 unspecified atom stereocenters. The predicted octanol–water partition coefficient (Wildman–Crippen LogP) is 3.56. The molecular formula is C28H30N2O7S. The molecule has 0 atom stereocenters. The second-order valence-corrected chi connectivity index (χ2v) is 10.7. The van der Waals surface area contributed by atoms with Gasteiger partial charge in [0.2, 0.25) is 15.8 Å². The number of carbonyl (C=O) groups excluding carboxylic acids is 2. The largest absolute Gasteiger partial charge is 0.495 e. The monoisotopic (exact) mass is 538 g/mol. The standard InChI is InChI=1S/C28H30N2O7S/c1-20-17-24(21(2)30(20)23-7-5-4-6-8-23)25(31)19-37-28(32)12-10-22-9-11-26(35-3)27(18-22)38(33,34)29-13-15-36-16-14-29/h4-12,17-18H,13-16,19H2,1-3H3. The van der Waals surface area contributed by atoms with Crippen LogP contribution in [-0.4, -0.2) is 69.1 Å². The molecule has 0 amide bonds. The van der Waals surface area contributed by atoms with Crippen molar-refractivity contribution in [3.05, 3.63) is 83.2 Å². The van der Waals surface area contributed by atoms with Crippen LogP contribution in [0.2, 0.25) is 0 Å². The number of nitrogens with zero attached hydrogens (tertiary/aromatic N) is 2. The van der Waals surface area contributed by atoms with Crippen LogP contribution in [0.15, 0.2) is 65.6 Å².